The molecule has 0 aliphatic carbocycles. The van der Waals surface area contributed by atoms with Gasteiger partial charge in [0.15, 0.2) is 0 Å². The maximum Gasteiger partial charge on any atom is 0.0814 e. The molecular weight excluding hydrogens is 188 g/mol. The van der Waals surface area contributed by atoms with Crippen molar-refractivity contribution >= 4 is 11.6 Å². The van der Waals surface area contributed by atoms with Gasteiger partial charge in [0, 0.05) is 6.54 Å². The van der Waals surface area contributed by atoms with Crippen LogP contribution in [0.1, 0.15) is 26.0 Å². The Morgan fingerprint density at radius 2 is 2.23 bits per heavy atom. The highest BCUT2D eigenvalue weighted by molar-refractivity contribution is 6.31. The van der Waals surface area contributed by atoms with Crippen LogP contribution < -0.4 is 0 Å². The Balaban J connectivity index is 2.60. The molecule has 0 fully saturated rings. The van der Waals surface area contributed by atoms with Gasteiger partial charge >= 0.3 is 0 Å². The molecule has 1 aromatic rings. The molecule has 1 aromatic heterocycles. The van der Waals surface area contributed by atoms with Gasteiger partial charge in [-0.2, -0.15) is 5.10 Å². The number of aromatic nitrogens is 2. The monoisotopic (exact) mass is 202 g/mol. The van der Waals surface area contributed by atoms with Crippen molar-refractivity contribution in [2.45, 2.75) is 39.3 Å². The topological polar surface area (TPSA) is 38.0 Å². The van der Waals surface area contributed by atoms with E-state index in [1.807, 2.05) is 6.92 Å². The zero-order chi connectivity index (χ0) is 10.1. The molecule has 0 amide bonds. The number of rotatable bonds is 3. The first-order valence-electron chi connectivity index (χ1n) is 4.30. The van der Waals surface area contributed by atoms with Crippen LogP contribution in [0, 0.1) is 6.92 Å². The largest absolute Gasteiger partial charge is 0.390 e. The quantitative estimate of drug-likeness (QED) is 0.815. The lowest BCUT2D eigenvalue weighted by Gasteiger charge is -2.17. The molecule has 0 radical (unpaired) electrons. The van der Waals surface area contributed by atoms with E-state index in [2.05, 4.69) is 5.10 Å². The van der Waals surface area contributed by atoms with Gasteiger partial charge < -0.3 is 5.11 Å². The van der Waals surface area contributed by atoms with Crippen LogP contribution >= 0.6 is 11.6 Å². The molecule has 0 saturated carbocycles. The van der Waals surface area contributed by atoms with Gasteiger partial charge in [-0.1, -0.05) is 11.6 Å². The van der Waals surface area contributed by atoms with Crippen molar-refractivity contribution in [3.63, 3.8) is 0 Å². The summed E-state index contributed by atoms with van der Waals surface area (Å²) in [5.41, 5.74) is 0.302. The third kappa shape index (κ3) is 3.01. The summed E-state index contributed by atoms with van der Waals surface area (Å²) in [5.74, 6) is 0. The van der Waals surface area contributed by atoms with E-state index >= 15 is 0 Å². The highest BCUT2D eigenvalue weighted by Crippen LogP contribution is 2.15. The zero-order valence-electron chi connectivity index (χ0n) is 8.21. The molecule has 0 atom stereocenters. The predicted molar refractivity (Wildman–Crippen MR) is 52.9 cm³/mol. The van der Waals surface area contributed by atoms with E-state index in [0.29, 0.717) is 18.0 Å². The predicted octanol–water partition coefficient (Wildman–Crippen LogP) is 2.01. The number of hydrogen-bond acceptors (Lipinski definition) is 2. The highest BCUT2D eigenvalue weighted by Gasteiger charge is 2.13. The molecule has 0 aliphatic rings. The molecule has 0 aromatic carbocycles. The number of halogens is 1. The van der Waals surface area contributed by atoms with Crippen LogP contribution in [0.4, 0.5) is 0 Å². The minimum absolute atomic E-state index is 0.648. The standard InChI is InChI=1S/C9H15ClN2O/c1-7-8(10)6-11-12(7)5-4-9(2,3)13/h6,13H,4-5H2,1-3H3. The van der Waals surface area contributed by atoms with E-state index in [9.17, 15) is 5.11 Å². The Hall–Kier alpha value is -0.540. The van der Waals surface area contributed by atoms with Gasteiger partial charge in [0.1, 0.15) is 0 Å². The second-order valence-corrected chi connectivity index (χ2v) is 4.27. The summed E-state index contributed by atoms with van der Waals surface area (Å²) in [4.78, 5) is 0. The summed E-state index contributed by atoms with van der Waals surface area (Å²) < 4.78 is 1.81. The summed E-state index contributed by atoms with van der Waals surface area (Å²) in [6.45, 7) is 6.18. The van der Waals surface area contributed by atoms with Crippen LogP contribution in [-0.2, 0) is 6.54 Å². The molecule has 1 rings (SSSR count). The van der Waals surface area contributed by atoms with Crippen LogP contribution in [0.5, 0.6) is 0 Å². The van der Waals surface area contributed by atoms with E-state index in [-0.39, 0.29) is 0 Å². The second kappa shape index (κ2) is 3.68. The van der Waals surface area contributed by atoms with Crippen molar-refractivity contribution in [1.82, 2.24) is 9.78 Å². The number of aliphatic hydroxyl groups is 1. The lowest BCUT2D eigenvalue weighted by molar-refractivity contribution is 0.0649. The molecule has 13 heavy (non-hydrogen) atoms. The van der Waals surface area contributed by atoms with E-state index in [4.69, 9.17) is 11.6 Å². The molecule has 0 unspecified atom stereocenters. The van der Waals surface area contributed by atoms with Crippen molar-refractivity contribution in [3.05, 3.63) is 16.9 Å². The fourth-order valence-corrected chi connectivity index (χ4v) is 1.17. The van der Waals surface area contributed by atoms with Gasteiger partial charge in [-0.15, -0.1) is 0 Å². The van der Waals surface area contributed by atoms with Crippen molar-refractivity contribution in [3.8, 4) is 0 Å². The first kappa shape index (κ1) is 10.5. The lowest BCUT2D eigenvalue weighted by Crippen LogP contribution is -2.21. The summed E-state index contributed by atoms with van der Waals surface area (Å²) in [7, 11) is 0. The van der Waals surface area contributed by atoms with Crippen molar-refractivity contribution in [2.75, 3.05) is 0 Å². The molecule has 0 spiro atoms. The summed E-state index contributed by atoms with van der Waals surface area (Å²) in [6.07, 6.45) is 2.30. The normalized spacial score (nSPS) is 12.1. The van der Waals surface area contributed by atoms with Gasteiger partial charge in [0.25, 0.3) is 0 Å². The molecule has 4 heteroatoms. The van der Waals surface area contributed by atoms with Crippen LogP contribution in [0.25, 0.3) is 0 Å². The molecule has 1 heterocycles. The zero-order valence-corrected chi connectivity index (χ0v) is 8.97. The molecule has 3 nitrogen and oxygen atoms in total. The summed E-state index contributed by atoms with van der Waals surface area (Å²) in [6, 6.07) is 0. The second-order valence-electron chi connectivity index (χ2n) is 3.86. The maximum atomic E-state index is 9.50. The lowest BCUT2D eigenvalue weighted by atomic mass is 10.1. The Morgan fingerprint density at radius 3 is 2.62 bits per heavy atom. The van der Waals surface area contributed by atoms with E-state index in [1.54, 1.807) is 24.7 Å². The fourth-order valence-electron chi connectivity index (χ4n) is 1.03. The highest BCUT2D eigenvalue weighted by atomic mass is 35.5. The average Bonchev–Trinajstić information content (AvgIpc) is 2.29. The van der Waals surface area contributed by atoms with Crippen molar-refractivity contribution < 1.29 is 5.11 Å². The molecule has 0 bridgehead atoms. The van der Waals surface area contributed by atoms with Crippen molar-refractivity contribution in [1.29, 1.82) is 0 Å². The minimum Gasteiger partial charge on any atom is -0.390 e. The Bertz CT molecular complexity index is 288. The molecule has 0 saturated heterocycles. The fraction of sp³-hybridized carbons (Fsp3) is 0.667. The SMILES string of the molecule is Cc1c(Cl)cnn1CCC(C)(C)O. The van der Waals surface area contributed by atoms with Gasteiger partial charge in [-0.05, 0) is 27.2 Å². The van der Waals surface area contributed by atoms with E-state index in [0.717, 1.165) is 5.69 Å². The van der Waals surface area contributed by atoms with Crippen LogP contribution in [-0.4, -0.2) is 20.5 Å². The average molecular weight is 203 g/mol. The Morgan fingerprint density at radius 1 is 1.62 bits per heavy atom. The van der Waals surface area contributed by atoms with Crippen molar-refractivity contribution in [2.24, 2.45) is 0 Å². The maximum absolute atomic E-state index is 9.50. The van der Waals surface area contributed by atoms with E-state index in [1.165, 1.54) is 0 Å². The molecular formula is C9H15ClN2O. The first-order chi connectivity index (χ1) is 5.90. The summed E-state index contributed by atoms with van der Waals surface area (Å²) >= 11 is 5.83. The molecule has 1 N–H and O–H groups in total. The first-order valence-corrected chi connectivity index (χ1v) is 4.68. The van der Waals surface area contributed by atoms with Gasteiger partial charge in [-0.25, -0.2) is 0 Å². The van der Waals surface area contributed by atoms with E-state index < -0.39 is 5.60 Å². The third-order valence-corrected chi connectivity index (χ3v) is 2.35. The minimum atomic E-state index is -0.648. The van der Waals surface area contributed by atoms with Gasteiger partial charge in [-0.3, -0.25) is 4.68 Å². The summed E-state index contributed by atoms with van der Waals surface area (Å²) in [5, 5.41) is 14.3. The third-order valence-electron chi connectivity index (χ3n) is 1.98. The van der Waals surface area contributed by atoms with Crippen LogP contribution in [0.15, 0.2) is 6.20 Å². The van der Waals surface area contributed by atoms with Crippen LogP contribution in [0.3, 0.4) is 0 Å². The van der Waals surface area contributed by atoms with Gasteiger partial charge in [0.05, 0.1) is 22.5 Å². The smallest absolute Gasteiger partial charge is 0.0814 e. The Labute approximate surface area is 83.3 Å². The van der Waals surface area contributed by atoms with Gasteiger partial charge in [0.2, 0.25) is 0 Å². The Kier molecular flexibility index (Phi) is 2.98. The molecule has 0 aliphatic heterocycles. The number of aryl methyl sites for hydroxylation is 1. The number of hydrogen-bond donors (Lipinski definition) is 1. The van der Waals surface area contributed by atoms with Crippen LogP contribution in [0.2, 0.25) is 5.02 Å². The number of nitrogens with zero attached hydrogens (tertiary/aromatic N) is 2. The molecule has 74 valence electrons.